The Kier molecular flexibility index (Phi) is 3.72. The van der Waals surface area contributed by atoms with Gasteiger partial charge >= 0.3 is 0 Å². The number of hydrogen-bond acceptors (Lipinski definition) is 4. The van der Waals surface area contributed by atoms with Gasteiger partial charge in [-0.2, -0.15) is 0 Å². The second-order valence-corrected chi connectivity index (χ2v) is 7.35. The molecule has 3 aromatic rings. The van der Waals surface area contributed by atoms with E-state index >= 15 is 0 Å². The van der Waals surface area contributed by atoms with Gasteiger partial charge in [0.1, 0.15) is 5.69 Å². The molecule has 0 radical (unpaired) electrons. The summed E-state index contributed by atoms with van der Waals surface area (Å²) in [6, 6.07) is 11.3. The summed E-state index contributed by atoms with van der Waals surface area (Å²) >= 11 is 6.39. The maximum absolute atomic E-state index is 13.4. The van der Waals surface area contributed by atoms with Gasteiger partial charge in [-0.15, -0.1) is 0 Å². The predicted molar refractivity (Wildman–Crippen MR) is 100 cm³/mol. The van der Waals surface area contributed by atoms with Crippen LogP contribution in [0.5, 0.6) is 0 Å². The quantitative estimate of drug-likeness (QED) is 0.752. The van der Waals surface area contributed by atoms with Gasteiger partial charge in [0.25, 0.3) is 5.91 Å². The molecule has 2 saturated heterocycles. The molecule has 0 saturated carbocycles. The zero-order valence-corrected chi connectivity index (χ0v) is 14.9. The smallest absolute Gasteiger partial charge is 0.254 e. The first-order chi connectivity index (χ1) is 12.7. The van der Waals surface area contributed by atoms with Crippen LogP contribution in [0.2, 0.25) is 5.02 Å². The molecule has 2 atom stereocenters. The molecule has 1 aromatic carbocycles. The number of benzene rings is 1. The highest BCUT2D eigenvalue weighted by Crippen LogP contribution is 2.33. The van der Waals surface area contributed by atoms with Crippen LogP contribution in [0.3, 0.4) is 0 Å². The number of nitrogens with zero attached hydrogens (tertiary/aromatic N) is 2. The highest BCUT2D eigenvalue weighted by Gasteiger charge is 2.40. The first-order valence-electron chi connectivity index (χ1n) is 8.87. The van der Waals surface area contributed by atoms with E-state index in [4.69, 9.17) is 16.0 Å². The van der Waals surface area contributed by atoms with Crippen molar-refractivity contribution in [3.63, 3.8) is 0 Å². The van der Waals surface area contributed by atoms with Crippen molar-refractivity contribution in [2.75, 3.05) is 19.6 Å². The van der Waals surface area contributed by atoms with Crippen LogP contribution in [0.15, 0.2) is 47.1 Å². The van der Waals surface area contributed by atoms with Gasteiger partial charge in [-0.3, -0.25) is 4.79 Å². The SMILES string of the molecule is O=C(c1cc(-c2ccco2)nc2c(Cl)cccc12)N1CCC2CNCC21. The molecule has 5 nitrogen and oxygen atoms in total. The summed E-state index contributed by atoms with van der Waals surface area (Å²) in [5.74, 6) is 1.23. The van der Waals surface area contributed by atoms with Crippen molar-refractivity contribution in [2.24, 2.45) is 5.92 Å². The number of hydrogen-bond donors (Lipinski definition) is 1. The van der Waals surface area contributed by atoms with Crippen molar-refractivity contribution < 1.29 is 9.21 Å². The summed E-state index contributed by atoms with van der Waals surface area (Å²) in [6.45, 7) is 2.66. The molecule has 0 spiro atoms. The fraction of sp³-hybridized carbons (Fsp3) is 0.300. The largest absolute Gasteiger partial charge is 0.463 e. The molecule has 2 aliphatic heterocycles. The van der Waals surface area contributed by atoms with Crippen LogP contribution in [0.1, 0.15) is 16.8 Å². The minimum Gasteiger partial charge on any atom is -0.463 e. The average molecular weight is 368 g/mol. The molecule has 0 aliphatic carbocycles. The monoisotopic (exact) mass is 367 g/mol. The second-order valence-electron chi connectivity index (χ2n) is 6.94. The molecule has 2 aromatic heterocycles. The molecule has 26 heavy (non-hydrogen) atoms. The first kappa shape index (κ1) is 15.9. The third kappa shape index (κ3) is 2.42. The van der Waals surface area contributed by atoms with Gasteiger partial charge in [-0.25, -0.2) is 4.98 Å². The zero-order chi connectivity index (χ0) is 17.7. The summed E-state index contributed by atoms with van der Waals surface area (Å²) < 4.78 is 5.50. The highest BCUT2D eigenvalue weighted by molar-refractivity contribution is 6.35. The number of aromatic nitrogens is 1. The molecule has 0 bridgehead atoms. The number of halogens is 1. The summed E-state index contributed by atoms with van der Waals surface area (Å²) in [6.07, 6.45) is 2.66. The third-order valence-electron chi connectivity index (χ3n) is 5.50. The minimum absolute atomic E-state index is 0.0451. The van der Waals surface area contributed by atoms with Gasteiger partial charge in [-0.05, 0) is 36.6 Å². The van der Waals surface area contributed by atoms with Crippen LogP contribution >= 0.6 is 11.6 Å². The van der Waals surface area contributed by atoms with Crippen LogP contribution in [0.4, 0.5) is 0 Å². The Morgan fingerprint density at radius 1 is 1.27 bits per heavy atom. The molecule has 4 heterocycles. The molecule has 2 fully saturated rings. The lowest BCUT2D eigenvalue weighted by Crippen LogP contribution is -2.39. The Hall–Kier alpha value is -2.37. The van der Waals surface area contributed by atoms with Crippen LogP contribution in [-0.2, 0) is 0 Å². The van der Waals surface area contributed by atoms with Crippen LogP contribution in [0.25, 0.3) is 22.4 Å². The fourth-order valence-electron chi connectivity index (χ4n) is 4.20. The zero-order valence-electron chi connectivity index (χ0n) is 14.1. The average Bonchev–Trinajstić information content (AvgIpc) is 3.38. The molecule has 5 rings (SSSR count). The molecular formula is C20H18ClN3O2. The van der Waals surface area contributed by atoms with E-state index < -0.39 is 0 Å². The third-order valence-corrected chi connectivity index (χ3v) is 5.81. The van der Waals surface area contributed by atoms with Crippen LogP contribution < -0.4 is 5.32 Å². The van der Waals surface area contributed by atoms with Gasteiger partial charge in [-0.1, -0.05) is 23.7 Å². The Morgan fingerprint density at radius 2 is 2.19 bits per heavy atom. The highest BCUT2D eigenvalue weighted by atomic mass is 35.5. The predicted octanol–water partition coefficient (Wildman–Crippen LogP) is 3.58. The van der Waals surface area contributed by atoms with Gasteiger partial charge < -0.3 is 14.6 Å². The van der Waals surface area contributed by atoms with Gasteiger partial charge in [0.05, 0.1) is 22.4 Å². The maximum Gasteiger partial charge on any atom is 0.254 e. The fourth-order valence-corrected chi connectivity index (χ4v) is 4.41. The lowest BCUT2D eigenvalue weighted by molar-refractivity contribution is 0.0739. The van der Waals surface area contributed by atoms with Gasteiger partial charge in [0.15, 0.2) is 5.76 Å². The number of nitrogens with one attached hydrogen (secondary N) is 1. The maximum atomic E-state index is 13.4. The van der Waals surface area contributed by atoms with E-state index in [1.807, 2.05) is 35.2 Å². The number of carbonyl (C=O) groups excluding carboxylic acids is 1. The van der Waals surface area contributed by atoms with E-state index in [2.05, 4.69) is 10.3 Å². The van der Waals surface area contributed by atoms with E-state index in [9.17, 15) is 4.79 Å². The Labute approximate surface area is 156 Å². The minimum atomic E-state index is 0.0451. The molecule has 2 aliphatic rings. The number of rotatable bonds is 2. The van der Waals surface area contributed by atoms with Crippen molar-refractivity contribution in [3.05, 3.63) is 53.2 Å². The summed E-state index contributed by atoms with van der Waals surface area (Å²) in [7, 11) is 0. The van der Waals surface area contributed by atoms with Crippen molar-refractivity contribution in [1.29, 1.82) is 0 Å². The number of pyridine rings is 1. The molecule has 2 unspecified atom stereocenters. The van der Waals surface area contributed by atoms with Crippen LogP contribution in [0, 0.1) is 5.92 Å². The number of carbonyl (C=O) groups is 1. The molecular weight excluding hydrogens is 350 g/mol. The van der Waals surface area contributed by atoms with E-state index in [0.29, 0.717) is 33.5 Å². The van der Waals surface area contributed by atoms with Crippen molar-refractivity contribution in [2.45, 2.75) is 12.5 Å². The lowest BCUT2D eigenvalue weighted by Gasteiger charge is -2.24. The molecule has 132 valence electrons. The summed E-state index contributed by atoms with van der Waals surface area (Å²) in [4.78, 5) is 20.1. The number of fused-ring (bicyclic) bond motifs is 2. The van der Waals surface area contributed by atoms with Crippen molar-refractivity contribution in [3.8, 4) is 11.5 Å². The van der Waals surface area contributed by atoms with E-state index in [1.165, 1.54) is 0 Å². The number of para-hydroxylation sites is 1. The number of likely N-dealkylation sites (tertiary alicyclic amines) is 1. The number of furan rings is 1. The molecule has 1 amide bonds. The first-order valence-corrected chi connectivity index (χ1v) is 9.25. The topological polar surface area (TPSA) is 58.4 Å². The van der Waals surface area contributed by atoms with Crippen molar-refractivity contribution >= 4 is 28.4 Å². The normalized spacial score (nSPS) is 22.1. The standard InChI is InChI=1S/C20H18ClN3O2/c21-15-4-1-3-13-14(9-16(23-19(13)15)18-5-2-8-26-18)20(25)24-7-6-12-10-22-11-17(12)24/h1-5,8-9,12,17,22H,6-7,10-11H2. The van der Waals surface area contributed by atoms with E-state index in [0.717, 1.165) is 31.4 Å². The molecule has 6 heteroatoms. The van der Waals surface area contributed by atoms with Crippen molar-refractivity contribution in [1.82, 2.24) is 15.2 Å². The van der Waals surface area contributed by atoms with Gasteiger partial charge in [0.2, 0.25) is 0 Å². The Bertz CT molecular complexity index is 986. The number of amides is 1. The summed E-state index contributed by atoms with van der Waals surface area (Å²) in [5.41, 5.74) is 1.89. The van der Waals surface area contributed by atoms with E-state index in [-0.39, 0.29) is 11.9 Å². The van der Waals surface area contributed by atoms with Crippen LogP contribution in [-0.4, -0.2) is 41.5 Å². The van der Waals surface area contributed by atoms with E-state index in [1.54, 1.807) is 12.3 Å². The van der Waals surface area contributed by atoms with Gasteiger partial charge in [0, 0.05) is 31.1 Å². The second kappa shape index (κ2) is 6.11. The molecule has 1 N–H and O–H groups in total. The lowest BCUT2D eigenvalue weighted by atomic mass is 10.0. The summed E-state index contributed by atoms with van der Waals surface area (Å²) in [5, 5.41) is 4.72. The Morgan fingerprint density at radius 3 is 3.04 bits per heavy atom. The Balaban J connectivity index is 1.66.